The number of hydrogen-bond acceptors (Lipinski definition) is 8. The molecule has 9 nitrogen and oxygen atoms in total. The van der Waals surface area contributed by atoms with E-state index in [1.54, 1.807) is 44.2 Å². The highest BCUT2D eigenvalue weighted by Crippen LogP contribution is 2.47. The van der Waals surface area contributed by atoms with E-state index >= 15 is 0 Å². The minimum atomic E-state index is -0.459. The van der Waals surface area contributed by atoms with Gasteiger partial charge in [0.2, 0.25) is 11.7 Å². The number of nitrogens with zero attached hydrogens (tertiary/aromatic N) is 3. The molecule has 1 aliphatic heterocycles. The van der Waals surface area contributed by atoms with E-state index in [2.05, 4.69) is 15.4 Å². The molecule has 2 aromatic carbocycles. The number of allylic oxidation sites excluding steroid dienone is 2. The van der Waals surface area contributed by atoms with E-state index in [1.807, 2.05) is 18.2 Å². The normalized spacial score (nSPS) is 19.4. The topological polar surface area (TPSA) is 108 Å². The quantitative estimate of drug-likeness (QED) is 0.611. The summed E-state index contributed by atoms with van der Waals surface area (Å²) in [5.41, 5.74) is 3.14. The number of carbonyl (C=O) groups is 1. The third-order valence-corrected chi connectivity index (χ3v) is 6.21. The minimum Gasteiger partial charge on any atom is -0.508 e. The van der Waals surface area contributed by atoms with Crippen molar-refractivity contribution in [2.75, 3.05) is 26.6 Å². The number of nitrogens with one attached hydrogen (secondary N) is 1. The van der Waals surface area contributed by atoms with E-state index in [9.17, 15) is 9.90 Å². The lowest BCUT2D eigenvalue weighted by molar-refractivity contribution is -0.116. The molecular weight excluding hydrogens is 424 g/mol. The van der Waals surface area contributed by atoms with Crippen LogP contribution in [0, 0.1) is 0 Å². The highest BCUT2D eigenvalue weighted by atomic mass is 16.5. The Morgan fingerprint density at radius 1 is 1.03 bits per heavy atom. The van der Waals surface area contributed by atoms with Crippen LogP contribution in [0.1, 0.15) is 35.9 Å². The van der Waals surface area contributed by atoms with Crippen molar-refractivity contribution in [3.63, 3.8) is 0 Å². The van der Waals surface area contributed by atoms with Gasteiger partial charge in [-0.1, -0.05) is 12.1 Å². The van der Waals surface area contributed by atoms with Crippen LogP contribution < -0.4 is 19.5 Å². The number of rotatable bonds is 5. The maximum absolute atomic E-state index is 13.5. The van der Waals surface area contributed by atoms with E-state index < -0.39 is 6.04 Å². The van der Waals surface area contributed by atoms with Crippen LogP contribution in [0.15, 0.2) is 54.0 Å². The highest BCUT2D eigenvalue weighted by molar-refractivity contribution is 6.00. The van der Waals surface area contributed by atoms with Crippen molar-refractivity contribution in [3.8, 4) is 23.0 Å². The first kappa shape index (κ1) is 20.9. The fourth-order valence-electron chi connectivity index (χ4n) is 4.73. The number of aromatic hydroxyl groups is 1. The van der Waals surface area contributed by atoms with Gasteiger partial charge in [0.25, 0.3) is 0 Å². The summed E-state index contributed by atoms with van der Waals surface area (Å²) in [5, 5.41) is 17.7. The van der Waals surface area contributed by atoms with E-state index in [1.165, 1.54) is 6.33 Å². The zero-order valence-corrected chi connectivity index (χ0v) is 18.5. The first-order valence-electron chi connectivity index (χ1n) is 10.6. The van der Waals surface area contributed by atoms with Crippen molar-refractivity contribution in [2.24, 2.45) is 0 Å². The molecule has 170 valence electrons. The molecule has 1 aromatic heterocycles. The van der Waals surface area contributed by atoms with Crippen LogP contribution in [0.25, 0.3) is 0 Å². The van der Waals surface area contributed by atoms with Crippen LogP contribution >= 0.6 is 0 Å². The maximum atomic E-state index is 13.5. The smallest absolute Gasteiger partial charge is 0.226 e. The fourth-order valence-corrected chi connectivity index (χ4v) is 4.73. The van der Waals surface area contributed by atoms with Gasteiger partial charge in [0, 0.05) is 17.7 Å². The average Bonchev–Trinajstić information content (AvgIpc) is 3.29. The van der Waals surface area contributed by atoms with Gasteiger partial charge >= 0.3 is 0 Å². The van der Waals surface area contributed by atoms with Crippen molar-refractivity contribution < 1.29 is 24.1 Å². The highest BCUT2D eigenvalue weighted by Gasteiger charge is 2.39. The van der Waals surface area contributed by atoms with Crippen molar-refractivity contribution in [1.82, 2.24) is 14.8 Å². The number of Topliss-reactive ketones (excluding diaryl/α,β-unsaturated/α-hetero) is 1. The summed E-state index contributed by atoms with van der Waals surface area (Å²) in [6.45, 7) is 0. The Morgan fingerprint density at radius 3 is 2.45 bits per heavy atom. The van der Waals surface area contributed by atoms with Crippen LogP contribution in [0.4, 0.5) is 5.95 Å². The van der Waals surface area contributed by atoms with Crippen LogP contribution in [-0.2, 0) is 4.79 Å². The monoisotopic (exact) mass is 448 g/mol. The molecule has 5 rings (SSSR count). The Balaban J connectivity index is 1.58. The Hall–Kier alpha value is -4.01. The molecule has 2 heterocycles. The van der Waals surface area contributed by atoms with Gasteiger partial charge in [-0.2, -0.15) is 10.1 Å². The van der Waals surface area contributed by atoms with Crippen LogP contribution in [0.5, 0.6) is 23.0 Å². The Labute approximate surface area is 190 Å². The molecule has 0 amide bonds. The number of phenolic OH excluding ortho intramolecular Hbond substituents is 1. The molecule has 2 N–H and O–H groups in total. The first-order valence-corrected chi connectivity index (χ1v) is 10.6. The number of phenols is 1. The lowest BCUT2D eigenvalue weighted by Gasteiger charge is -2.35. The summed E-state index contributed by atoms with van der Waals surface area (Å²) in [7, 11) is 4.71. The minimum absolute atomic E-state index is 0.0111. The number of hydrogen-bond donors (Lipinski definition) is 2. The zero-order valence-electron chi connectivity index (χ0n) is 18.5. The van der Waals surface area contributed by atoms with Gasteiger partial charge in [0.05, 0.1) is 21.3 Å². The largest absolute Gasteiger partial charge is 0.508 e. The van der Waals surface area contributed by atoms with E-state index in [-0.39, 0.29) is 17.5 Å². The SMILES string of the molecule is COc1cc([C@H]2CC(=O)C3=C(C2)Nc2ncnn2[C@@H]3c2cccc(O)c2)cc(OC)c1OC. The summed E-state index contributed by atoms with van der Waals surface area (Å²) in [6.07, 6.45) is 2.37. The van der Waals surface area contributed by atoms with Crippen molar-refractivity contribution in [1.29, 1.82) is 0 Å². The first-order chi connectivity index (χ1) is 16.0. The number of ketones is 1. The second-order valence-corrected chi connectivity index (χ2v) is 8.03. The number of aromatic nitrogens is 3. The summed E-state index contributed by atoms with van der Waals surface area (Å²) < 4.78 is 18.1. The molecule has 0 saturated heterocycles. The van der Waals surface area contributed by atoms with Gasteiger partial charge in [-0.05, 0) is 47.7 Å². The number of fused-ring (bicyclic) bond motifs is 1. The maximum Gasteiger partial charge on any atom is 0.226 e. The van der Waals surface area contributed by atoms with Crippen LogP contribution in [0.3, 0.4) is 0 Å². The number of anilines is 1. The van der Waals surface area contributed by atoms with Gasteiger partial charge in [0.1, 0.15) is 18.1 Å². The van der Waals surface area contributed by atoms with Crippen molar-refractivity contribution in [3.05, 3.63) is 65.1 Å². The van der Waals surface area contributed by atoms with Gasteiger partial charge in [-0.25, -0.2) is 4.68 Å². The molecule has 2 atom stereocenters. The number of methoxy groups -OCH3 is 3. The summed E-state index contributed by atoms with van der Waals surface area (Å²) in [5.74, 6) is 2.22. The molecule has 1 aliphatic carbocycles. The molecule has 2 aliphatic rings. The van der Waals surface area contributed by atoms with E-state index in [4.69, 9.17) is 14.2 Å². The molecule has 3 aromatic rings. The van der Waals surface area contributed by atoms with Crippen molar-refractivity contribution in [2.45, 2.75) is 24.8 Å². The molecule has 0 fully saturated rings. The second kappa shape index (κ2) is 8.16. The Bertz CT molecular complexity index is 1240. The van der Waals surface area contributed by atoms with Crippen molar-refractivity contribution >= 4 is 11.7 Å². The lowest BCUT2D eigenvalue weighted by Crippen LogP contribution is -2.33. The van der Waals surface area contributed by atoms with Crippen LogP contribution in [-0.4, -0.2) is 47.0 Å². The van der Waals surface area contributed by atoms with Gasteiger partial charge < -0.3 is 24.6 Å². The molecule has 0 radical (unpaired) electrons. The average molecular weight is 448 g/mol. The van der Waals surface area contributed by atoms with Gasteiger partial charge in [-0.15, -0.1) is 0 Å². The van der Waals surface area contributed by atoms with Gasteiger partial charge in [-0.3, -0.25) is 4.79 Å². The summed E-state index contributed by atoms with van der Waals surface area (Å²) in [4.78, 5) is 17.9. The lowest BCUT2D eigenvalue weighted by atomic mass is 9.77. The molecule has 33 heavy (non-hydrogen) atoms. The molecule has 0 unspecified atom stereocenters. The van der Waals surface area contributed by atoms with E-state index in [0.717, 1.165) is 16.8 Å². The predicted octanol–water partition coefficient (Wildman–Crippen LogP) is 3.43. The Kier molecular flexibility index (Phi) is 5.16. The Morgan fingerprint density at radius 2 is 1.79 bits per heavy atom. The molecule has 0 bridgehead atoms. The van der Waals surface area contributed by atoms with E-state index in [0.29, 0.717) is 41.6 Å². The zero-order chi connectivity index (χ0) is 23.1. The predicted molar refractivity (Wildman–Crippen MR) is 120 cm³/mol. The molecule has 0 saturated carbocycles. The number of ether oxygens (including phenoxy) is 3. The van der Waals surface area contributed by atoms with Crippen LogP contribution in [0.2, 0.25) is 0 Å². The standard InChI is InChI=1S/C24H24N4O5/c1-31-19-10-15(11-20(32-2)23(19)33-3)14-8-17-21(18(30)9-14)22(13-5-4-6-16(29)7-13)28-24(27-17)25-12-26-28/h4-7,10-12,14,22,29H,8-9H2,1-3H3,(H,25,26,27)/t14-,22-/m1/s1. The third kappa shape index (κ3) is 3.45. The number of carbonyl (C=O) groups excluding carboxylic acids is 1. The fraction of sp³-hybridized carbons (Fsp3) is 0.292. The third-order valence-electron chi connectivity index (χ3n) is 6.21. The van der Waals surface area contributed by atoms with Gasteiger partial charge in [0.15, 0.2) is 17.3 Å². The summed E-state index contributed by atoms with van der Waals surface area (Å²) in [6, 6.07) is 10.2. The summed E-state index contributed by atoms with van der Waals surface area (Å²) >= 11 is 0. The molecule has 9 heteroatoms. The molecule has 0 spiro atoms. The number of benzene rings is 2. The second-order valence-electron chi connectivity index (χ2n) is 8.03. The molecular formula is C24H24N4O5.